The lowest BCUT2D eigenvalue weighted by molar-refractivity contribution is 0.794. The fourth-order valence-electron chi connectivity index (χ4n) is 13.6. The van der Waals surface area contributed by atoms with Crippen LogP contribution in [0.15, 0.2) is 279 Å². The summed E-state index contributed by atoms with van der Waals surface area (Å²) in [5.74, 6) is 0. The van der Waals surface area contributed by atoms with Crippen LogP contribution in [0.4, 0.5) is 17.1 Å². The van der Waals surface area contributed by atoms with Crippen molar-refractivity contribution in [2.24, 2.45) is 0 Å². The second-order valence-electron chi connectivity index (χ2n) is 20.2. The van der Waals surface area contributed by atoms with Crippen molar-refractivity contribution < 1.29 is 0 Å². The van der Waals surface area contributed by atoms with Gasteiger partial charge in [-0.3, -0.25) is 0 Å². The Bertz CT molecular complexity index is 4580. The molecule has 0 amide bonds. The van der Waals surface area contributed by atoms with Gasteiger partial charge >= 0.3 is 0 Å². The smallest absolute Gasteiger partial charge is 0.0726 e. The SMILES string of the molecule is c1ccc(-c2ccccc2N(c2ccc3c4ccccc4c4ccccc4c3c2)c2cc3c(cc2-c2cccc4c5ccccc5n(-c5ccccc5)c24)-c2ccccc2C32c3ccccc3-c3ccccc32)cc1. The van der Waals surface area contributed by atoms with Crippen LogP contribution in [0.1, 0.15) is 22.3 Å². The van der Waals surface area contributed by atoms with E-state index >= 15 is 0 Å². The molecule has 1 aromatic heterocycles. The number of nitrogens with zero attached hydrogens (tertiary/aromatic N) is 2. The molecule has 348 valence electrons. The van der Waals surface area contributed by atoms with Gasteiger partial charge < -0.3 is 9.47 Å². The number of fused-ring (bicyclic) bond motifs is 19. The molecule has 75 heavy (non-hydrogen) atoms. The molecule has 1 heterocycles. The first kappa shape index (κ1) is 41.8. The summed E-state index contributed by atoms with van der Waals surface area (Å²) >= 11 is 0. The maximum atomic E-state index is 2.60. The second kappa shape index (κ2) is 16.1. The van der Waals surface area contributed by atoms with Crippen molar-refractivity contribution >= 4 is 71.2 Å². The maximum absolute atomic E-state index is 2.60. The number of rotatable bonds is 6. The molecule has 13 aromatic carbocycles. The molecule has 0 saturated carbocycles. The zero-order valence-corrected chi connectivity index (χ0v) is 41.0. The minimum Gasteiger partial charge on any atom is -0.309 e. The average molecular weight is 951 g/mol. The van der Waals surface area contributed by atoms with Gasteiger partial charge in [0.25, 0.3) is 0 Å². The van der Waals surface area contributed by atoms with Crippen molar-refractivity contribution in [3.05, 3.63) is 301 Å². The van der Waals surface area contributed by atoms with Crippen LogP contribution in [0.25, 0.3) is 104 Å². The topological polar surface area (TPSA) is 8.17 Å². The van der Waals surface area contributed by atoms with Crippen LogP contribution in [-0.4, -0.2) is 4.57 Å². The van der Waals surface area contributed by atoms with Crippen LogP contribution < -0.4 is 4.90 Å². The first-order valence-corrected chi connectivity index (χ1v) is 26.1. The Labute approximate surface area is 435 Å². The van der Waals surface area contributed by atoms with E-state index in [1.165, 1.54) is 98.6 Å². The fraction of sp³-hybridized carbons (Fsp3) is 0.0137. The molecule has 0 bridgehead atoms. The molecular formula is C73H46N2. The second-order valence-corrected chi connectivity index (χ2v) is 20.2. The molecule has 0 N–H and O–H groups in total. The van der Waals surface area contributed by atoms with E-state index in [4.69, 9.17) is 0 Å². The lowest BCUT2D eigenvalue weighted by atomic mass is 9.70. The molecule has 2 aliphatic carbocycles. The molecule has 0 radical (unpaired) electrons. The Morgan fingerprint density at radius 3 is 1.40 bits per heavy atom. The van der Waals surface area contributed by atoms with Crippen molar-refractivity contribution in [2.45, 2.75) is 5.41 Å². The molecule has 1 spiro atoms. The standard InChI is InChI=1S/C73H46N2/c1-3-22-47(23-4-1)50-26-14-19-40-69(50)74(49-42-43-55-53-29-8-7-27-51(53)52-28-9-10-30-54(52)62(55)44-49)71-46-68-63(58-33-13-18-39-67(58)73(68)65-37-16-11-31-56(65)57-32-12-17-38-66(57)73)45-64(71)61-36-21-35-60-59-34-15-20-41-70(59)75(72(60)61)48-24-5-2-6-25-48/h1-46H. The number of hydrogen-bond acceptors (Lipinski definition) is 1. The van der Waals surface area contributed by atoms with Crippen molar-refractivity contribution in [2.75, 3.05) is 4.90 Å². The fourth-order valence-corrected chi connectivity index (χ4v) is 13.6. The number of para-hydroxylation sites is 4. The molecule has 2 heteroatoms. The van der Waals surface area contributed by atoms with Crippen LogP contribution in [0, 0.1) is 0 Å². The first-order chi connectivity index (χ1) is 37.3. The molecule has 2 nitrogen and oxygen atoms in total. The van der Waals surface area contributed by atoms with E-state index in [1.54, 1.807) is 0 Å². The van der Waals surface area contributed by atoms with Crippen LogP contribution in [0.3, 0.4) is 0 Å². The number of aromatic nitrogens is 1. The van der Waals surface area contributed by atoms with Crippen LogP contribution in [0.5, 0.6) is 0 Å². The Kier molecular flexibility index (Phi) is 8.99. The third-order valence-electron chi connectivity index (χ3n) is 16.6. The molecule has 0 unspecified atom stereocenters. The van der Waals surface area contributed by atoms with Crippen LogP contribution in [-0.2, 0) is 5.41 Å². The highest BCUT2D eigenvalue weighted by Crippen LogP contribution is 2.64. The lowest BCUT2D eigenvalue weighted by Crippen LogP contribution is -2.26. The van der Waals surface area contributed by atoms with Gasteiger partial charge in [0.1, 0.15) is 0 Å². The Hall–Kier alpha value is -9.76. The summed E-state index contributed by atoms with van der Waals surface area (Å²) in [5, 5.41) is 9.92. The van der Waals surface area contributed by atoms with E-state index in [-0.39, 0.29) is 0 Å². The van der Waals surface area contributed by atoms with Gasteiger partial charge in [-0.2, -0.15) is 0 Å². The molecule has 0 fully saturated rings. The van der Waals surface area contributed by atoms with Gasteiger partial charge in [-0.25, -0.2) is 0 Å². The van der Waals surface area contributed by atoms with Gasteiger partial charge in [-0.1, -0.05) is 231 Å². The van der Waals surface area contributed by atoms with Crippen LogP contribution >= 0.6 is 0 Å². The molecule has 0 saturated heterocycles. The van der Waals surface area contributed by atoms with E-state index in [9.17, 15) is 0 Å². The van der Waals surface area contributed by atoms with Gasteiger partial charge in [0.15, 0.2) is 0 Å². The number of anilines is 3. The molecular weight excluding hydrogens is 905 g/mol. The van der Waals surface area contributed by atoms with Crippen LogP contribution in [0.2, 0.25) is 0 Å². The summed E-state index contributed by atoms with van der Waals surface area (Å²) < 4.78 is 2.49. The normalized spacial score (nSPS) is 12.9. The van der Waals surface area contributed by atoms with Crippen molar-refractivity contribution in [1.29, 1.82) is 0 Å². The first-order valence-electron chi connectivity index (χ1n) is 26.1. The zero-order valence-electron chi connectivity index (χ0n) is 41.0. The molecule has 16 rings (SSSR count). The van der Waals surface area contributed by atoms with Gasteiger partial charge in [0.05, 0.1) is 27.8 Å². The summed E-state index contributed by atoms with van der Waals surface area (Å²) in [5.41, 5.74) is 21.2. The molecule has 0 atom stereocenters. The molecule has 14 aromatic rings. The molecule has 0 aliphatic heterocycles. The Morgan fingerprint density at radius 2 is 0.747 bits per heavy atom. The Morgan fingerprint density at radius 1 is 0.267 bits per heavy atom. The van der Waals surface area contributed by atoms with Crippen molar-refractivity contribution in [3.8, 4) is 50.2 Å². The quantitative estimate of drug-likeness (QED) is 0.151. The van der Waals surface area contributed by atoms with Crippen molar-refractivity contribution in [1.82, 2.24) is 4.57 Å². The summed E-state index contributed by atoms with van der Waals surface area (Å²) in [6.45, 7) is 0. The maximum Gasteiger partial charge on any atom is 0.0726 e. The highest BCUT2D eigenvalue weighted by atomic mass is 15.1. The number of hydrogen-bond donors (Lipinski definition) is 0. The summed E-state index contributed by atoms with van der Waals surface area (Å²) in [4.78, 5) is 2.60. The lowest BCUT2D eigenvalue weighted by Gasteiger charge is -2.34. The minimum atomic E-state index is -0.569. The zero-order chi connectivity index (χ0) is 49.2. The third-order valence-corrected chi connectivity index (χ3v) is 16.6. The summed E-state index contributed by atoms with van der Waals surface area (Å²) in [7, 11) is 0. The molecule has 2 aliphatic rings. The van der Waals surface area contributed by atoms with E-state index in [2.05, 4.69) is 289 Å². The summed E-state index contributed by atoms with van der Waals surface area (Å²) in [6.07, 6.45) is 0. The summed E-state index contributed by atoms with van der Waals surface area (Å²) in [6, 6.07) is 104. The largest absolute Gasteiger partial charge is 0.309 e. The van der Waals surface area contributed by atoms with Crippen molar-refractivity contribution in [3.63, 3.8) is 0 Å². The number of benzene rings is 13. The minimum absolute atomic E-state index is 0.569. The van der Waals surface area contributed by atoms with E-state index in [0.717, 1.165) is 45.0 Å². The van der Waals surface area contributed by atoms with Gasteiger partial charge in [-0.05, 0) is 131 Å². The van der Waals surface area contributed by atoms with Gasteiger partial charge in [0, 0.05) is 38.8 Å². The van der Waals surface area contributed by atoms with Gasteiger partial charge in [-0.15, -0.1) is 0 Å². The third kappa shape index (κ3) is 5.85. The predicted molar refractivity (Wildman–Crippen MR) is 315 cm³/mol. The highest BCUT2D eigenvalue weighted by Gasteiger charge is 2.52. The van der Waals surface area contributed by atoms with E-state index in [0.29, 0.717) is 0 Å². The van der Waals surface area contributed by atoms with E-state index in [1.807, 2.05) is 0 Å². The van der Waals surface area contributed by atoms with E-state index < -0.39 is 5.41 Å². The average Bonchev–Trinajstić information content (AvgIpc) is 4.10. The Balaban J connectivity index is 1.10. The van der Waals surface area contributed by atoms with Gasteiger partial charge in [0.2, 0.25) is 0 Å². The highest BCUT2D eigenvalue weighted by molar-refractivity contribution is 6.26. The monoisotopic (exact) mass is 950 g/mol. The predicted octanol–water partition coefficient (Wildman–Crippen LogP) is 19.4.